The van der Waals surface area contributed by atoms with Crippen LogP contribution in [0.2, 0.25) is 0 Å². The van der Waals surface area contributed by atoms with Crippen molar-refractivity contribution < 1.29 is 4.42 Å². The molecule has 0 aliphatic carbocycles. The molecule has 3 aromatic rings. The monoisotopic (exact) mass is 332 g/mol. The standard InChI is InChI=1S/C22H24N2O/c1-14(2)16-10-11-22(4,24(5)13-16)20-15(3)23-12-18-17-8-6-7-9-19(17)25-21(18)20/h6-14H,1-5H3. The Kier molecular flexibility index (Phi) is 3.50. The molecule has 0 spiro atoms. The Morgan fingerprint density at radius 2 is 1.92 bits per heavy atom. The van der Waals surface area contributed by atoms with Crippen LogP contribution in [0.1, 0.15) is 32.0 Å². The van der Waals surface area contributed by atoms with Crippen molar-refractivity contribution in [3.8, 4) is 0 Å². The predicted octanol–water partition coefficient (Wildman–Crippen LogP) is 5.55. The van der Waals surface area contributed by atoms with E-state index in [9.17, 15) is 0 Å². The van der Waals surface area contributed by atoms with Gasteiger partial charge in [0.2, 0.25) is 0 Å². The van der Waals surface area contributed by atoms with Gasteiger partial charge in [0.1, 0.15) is 11.2 Å². The average molecular weight is 332 g/mol. The molecule has 1 aliphatic heterocycles. The van der Waals surface area contributed by atoms with Gasteiger partial charge < -0.3 is 9.32 Å². The maximum absolute atomic E-state index is 6.28. The van der Waals surface area contributed by atoms with Gasteiger partial charge in [0, 0.05) is 41.5 Å². The highest BCUT2D eigenvalue weighted by molar-refractivity contribution is 6.05. The van der Waals surface area contributed by atoms with Gasteiger partial charge in [-0.1, -0.05) is 44.2 Å². The number of aromatic nitrogens is 1. The maximum Gasteiger partial charge on any atom is 0.144 e. The first-order valence-electron chi connectivity index (χ1n) is 8.83. The van der Waals surface area contributed by atoms with Crippen molar-refractivity contribution in [2.75, 3.05) is 7.05 Å². The van der Waals surface area contributed by atoms with Crippen LogP contribution in [0.5, 0.6) is 0 Å². The second-order valence-corrected chi connectivity index (χ2v) is 7.44. The number of nitrogens with zero attached hydrogens (tertiary/aromatic N) is 2. The predicted molar refractivity (Wildman–Crippen MR) is 103 cm³/mol. The molecule has 3 heterocycles. The van der Waals surface area contributed by atoms with E-state index in [-0.39, 0.29) is 5.54 Å². The highest BCUT2D eigenvalue weighted by atomic mass is 16.3. The van der Waals surface area contributed by atoms with Gasteiger partial charge in [0.25, 0.3) is 0 Å². The number of benzene rings is 1. The van der Waals surface area contributed by atoms with Crippen LogP contribution in [0.3, 0.4) is 0 Å². The molecule has 0 bridgehead atoms. The van der Waals surface area contributed by atoms with Crippen LogP contribution in [0.25, 0.3) is 21.9 Å². The maximum atomic E-state index is 6.28. The van der Waals surface area contributed by atoms with Gasteiger partial charge in [-0.15, -0.1) is 0 Å². The first-order valence-corrected chi connectivity index (χ1v) is 8.83. The molecule has 128 valence electrons. The van der Waals surface area contributed by atoms with E-state index in [4.69, 9.17) is 9.40 Å². The molecule has 0 saturated heterocycles. The molecule has 3 heteroatoms. The van der Waals surface area contributed by atoms with Gasteiger partial charge in [0.05, 0.1) is 5.54 Å². The summed E-state index contributed by atoms with van der Waals surface area (Å²) in [5.74, 6) is 0.504. The summed E-state index contributed by atoms with van der Waals surface area (Å²) in [6.07, 6.45) is 8.70. The molecular weight excluding hydrogens is 308 g/mol. The normalized spacial score (nSPS) is 20.7. The minimum Gasteiger partial charge on any atom is -0.456 e. The zero-order chi connectivity index (χ0) is 17.8. The van der Waals surface area contributed by atoms with E-state index in [0.717, 1.165) is 33.2 Å². The third kappa shape index (κ3) is 2.30. The topological polar surface area (TPSA) is 29.3 Å². The molecule has 4 rings (SSSR count). The molecular formula is C22H24N2O. The zero-order valence-corrected chi connectivity index (χ0v) is 15.5. The van der Waals surface area contributed by atoms with Gasteiger partial charge in [0.15, 0.2) is 0 Å². The van der Waals surface area contributed by atoms with Gasteiger partial charge >= 0.3 is 0 Å². The summed E-state index contributed by atoms with van der Waals surface area (Å²) in [6, 6.07) is 8.18. The van der Waals surface area contributed by atoms with Crippen molar-refractivity contribution in [2.45, 2.75) is 33.2 Å². The lowest BCUT2D eigenvalue weighted by Gasteiger charge is -2.40. The largest absolute Gasteiger partial charge is 0.456 e. The number of pyridine rings is 1. The molecule has 0 amide bonds. The smallest absolute Gasteiger partial charge is 0.144 e. The van der Waals surface area contributed by atoms with Crippen LogP contribution in [0.4, 0.5) is 0 Å². The first-order chi connectivity index (χ1) is 11.9. The average Bonchev–Trinajstić information content (AvgIpc) is 2.95. The molecule has 3 nitrogen and oxygen atoms in total. The van der Waals surface area contributed by atoms with E-state index < -0.39 is 0 Å². The fourth-order valence-corrected chi connectivity index (χ4v) is 3.74. The minimum atomic E-state index is -0.289. The van der Waals surface area contributed by atoms with Crippen molar-refractivity contribution in [2.24, 2.45) is 5.92 Å². The second kappa shape index (κ2) is 5.48. The van der Waals surface area contributed by atoms with Gasteiger partial charge in [-0.2, -0.15) is 0 Å². The molecule has 1 aliphatic rings. The van der Waals surface area contributed by atoms with Crippen molar-refractivity contribution in [1.82, 2.24) is 9.88 Å². The van der Waals surface area contributed by atoms with Crippen LogP contribution in [-0.4, -0.2) is 16.9 Å². The molecule has 0 fully saturated rings. The number of para-hydroxylation sites is 1. The molecule has 0 saturated carbocycles. The van der Waals surface area contributed by atoms with Crippen LogP contribution in [0.15, 0.2) is 58.8 Å². The summed E-state index contributed by atoms with van der Waals surface area (Å²) in [6.45, 7) is 8.74. The third-order valence-corrected chi connectivity index (χ3v) is 5.46. The number of rotatable bonds is 2. The van der Waals surface area contributed by atoms with E-state index in [1.807, 2.05) is 24.4 Å². The molecule has 0 radical (unpaired) electrons. The minimum absolute atomic E-state index is 0.289. The molecule has 1 atom stereocenters. The number of aryl methyl sites for hydroxylation is 1. The number of furan rings is 1. The van der Waals surface area contributed by atoms with Crippen LogP contribution in [0, 0.1) is 12.8 Å². The Morgan fingerprint density at radius 3 is 2.64 bits per heavy atom. The van der Waals surface area contributed by atoms with E-state index in [1.54, 1.807) is 0 Å². The summed E-state index contributed by atoms with van der Waals surface area (Å²) in [4.78, 5) is 6.97. The molecule has 1 unspecified atom stereocenters. The summed E-state index contributed by atoms with van der Waals surface area (Å²) in [5.41, 5.74) is 5.04. The molecule has 25 heavy (non-hydrogen) atoms. The van der Waals surface area contributed by atoms with Crippen molar-refractivity contribution in [1.29, 1.82) is 0 Å². The lowest BCUT2D eigenvalue weighted by molar-refractivity contribution is 0.255. The first kappa shape index (κ1) is 15.9. The number of fused-ring (bicyclic) bond motifs is 3. The summed E-state index contributed by atoms with van der Waals surface area (Å²) in [5, 5.41) is 2.20. The second-order valence-electron chi connectivity index (χ2n) is 7.44. The number of hydrogen-bond acceptors (Lipinski definition) is 3. The van der Waals surface area contributed by atoms with E-state index in [0.29, 0.717) is 5.92 Å². The van der Waals surface area contributed by atoms with Crippen LogP contribution >= 0.6 is 0 Å². The lowest BCUT2D eigenvalue weighted by Crippen LogP contribution is -2.39. The van der Waals surface area contributed by atoms with E-state index in [1.165, 1.54) is 5.57 Å². The quantitative estimate of drug-likeness (QED) is 0.616. The fraction of sp³-hybridized carbons (Fsp3) is 0.318. The Morgan fingerprint density at radius 1 is 1.16 bits per heavy atom. The van der Waals surface area contributed by atoms with Gasteiger partial charge in [-0.25, -0.2) is 0 Å². The highest BCUT2D eigenvalue weighted by Crippen LogP contribution is 2.41. The van der Waals surface area contributed by atoms with Crippen molar-refractivity contribution in [3.63, 3.8) is 0 Å². The van der Waals surface area contributed by atoms with E-state index >= 15 is 0 Å². The molecule has 0 N–H and O–H groups in total. The van der Waals surface area contributed by atoms with Gasteiger partial charge in [-0.3, -0.25) is 4.98 Å². The summed E-state index contributed by atoms with van der Waals surface area (Å²) < 4.78 is 6.28. The fourth-order valence-electron chi connectivity index (χ4n) is 3.74. The molecule has 2 aromatic heterocycles. The van der Waals surface area contributed by atoms with E-state index in [2.05, 4.69) is 64.1 Å². The number of hydrogen-bond donors (Lipinski definition) is 0. The van der Waals surface area contributed by atoms with Crippen molar-refractivity contribution >= 4 is 21.9 Å². The number of likely N-dealkylation sites (N-methyl/N-ethyl adjacent to an activating group) is 1. The zero-order valence-electron chi connectivity index (χ0n) is 15.5. The summed E-state index contributed by atoms with van der Waals surface area (Å²) >= 11 is 0. The Balaban J connectivity index is 1.98. The Bertz CT molecular complexity index is 1030. The summed E-state index contributed by atoms with van der Waals surface area (Å²) in [7, 11) is 2.13. The Labute approximate surface area is 148 Å². The SMILES string of the molecule is Cc1ncc2c(oc3ccccc32)c1C1(C)C=CC(C(C)C)=CN1C. The van der Waals surface area contributed by atoms with Crippen LogP contribution in [-0.2, 0) is 5.54 Å². The number of allylic oxidation sites excluding steroid dienone is 2. The third-order valence-electron chi connectivity index (χ3n) is 5.46. The van der Waals surface area contributed by atoms with Crippen molar-refractivity contribution in [3.05, 3.63) is 65.6 Å². The van der Waals surface area contributed by atoms with Crippen LogP contribution < -0.4 is 0 Å². The molecule has 1 aromatic carbocycles. The lowest BCUT2D eigenvalue weighted by atomic mass is 9.84. The highest BCUT2D eigenvalue weighted by Gasteiger charge is 2.35. The van der Waals surface area contributed by atoms with Gasteiger partial charge in [-0.05, 0) is 31.4 Å². The Hall–Kier alpha value is -2.55.